The zero-order valence-electron chi connectivity index (χ0n) is 15.2. The van der Waals surface area contributed by atoms with Crippen LogP contribution < -0.4 is 5.73 Å². The van der Waals surface area contributed by atoms with Crippen molar-refractivity contribution in [2.75, 3.05) is 7.05 Å². The molecule has 1 aliphatic heterocycles. The monoisotopic (exact) mass is 380 g/mol. The van der Waals surface area contributed by atoms with E-state index in [1.54, 1.807) is 11.9 Å². The molecular weight excluding hydrogens is 360 g/mol. The van der Waals surface area contributed by atoms with E-state index in [2.05, 4.69) is 34.2 Å². The van der Waals surface area contributed by atoms with E-state index in [-0.39, 0.29) is 6.04 Å². The van der Waals surface area contributed by atoms with Crippen molar-refractivity contribution >= 4 is 34.7 Å². The van der Waals surface area contributed by atoms with Crippen molar-refractivity contribution in [3.05, 3.63) is 59.2 Å². The van der Waals surface area contributed by atoms with Gasteiger partial charge in [-0.15, -0.1) is 0 Å². The molecule has 3 aromatic rings. The zero-order valence-corrected chi connectivity index (χ0v) is 16.0. The summed E-state index contributed by atoms with van der Waals surface area (Å²) >= 11 is 6.51. The Morgan fingerprint density at radius 3 is 2.89 bits per heavy atom. The van der Waals surface area contributed by atoms with Crippen LogP contribution in [0.4, 0.5) is 0 Å². The predicted octanol–water partition coefficient (Wildman–Crippen LogP) is 3.92. The minimum Gasteiger partial charge on any atom is -0.370 e. The van der Waals surface area contributed by atoms with Crippen molar-refractivity contribution in [3.8, 4) is 11.1 Å². The van der Waals surface area contributed by atoms with Gasteiger partial charge >= 0.3 is 0 Å². The molecule has 2 unspecified atom stereocenters. The fraction of sp³-hybridized carbons (Fsp3) is 0.238. The van der Waals surface area contributed by atoms with E-state index < -0.39 is 5.54 Å². The summed E-state index contributed by atoms with van der Waals surface area (Å²) in [5, 5.41) is 1.82. The molecule has 0 saturated heterocycles. The second-order valence-electron chi connectivity index (χ2n) is 7.24. The van der Waals surface area contributed by atoms with Gasteiger partial charge in [-0.25, -0.2) is 4.99 Å². The molecule has 2 heterocycles. The SMILES string of the molecule is CN1C(N)=NC(C)(c2ccc(Cl)c(-c3ccc4cc[nH]c4c3)c2)CC1C=O. The molecule has 27 heavy (non-hydrogen) atoms. The number of hydrogen-bond acceptors (Lipinski definition) is 4. The lowest BCUT2D eigenvalue weighted by Gasteiger charge is -2.39. The highest BCUT2D eigenvalue weighted by molar-refractivity contribution is 6.33. The third kappa shape index (κ3) is 2.98. The number of aldehydes is 1. The van der Waals surface area contributed by atoms with Gasteiger partial charge in [0.1, 0.15) is 6.29 Å². The molecule has 0 spiro atoms. The Kier molecular flexibility index (Phi) is 4.19. The van der Waals surface area contributed by atoms with E-state index in [0.717, 1.165) is 33.9 Å². The van der Waals surface area contributed by atoms with Crippen molar-refractivity contribution in [2.45, 2.75) is 24.9 Å². The van der Waals surface area contributed by atoms with Crippen LogP contribution in [0.3, 0.4) is 0 Å². The van der Waals surface area contributed by atoms with Gasteiger partial charge in [-0.2, -0.15) is 0 Å². The van der Waals surface area contributed by atoms with Gasteiger partial charge in [0.05, 0.1) is 11.6 Å². The minimum absolute atomic E-state index is 0.304. The summed E-state index contributed by atoms with van der Waals surface area (Å²) in [6.07, 6.45) is 3.41. The number of nitrogens with one attached hydrogen (secondary N) is 1. The van der Waals surface area contributed by atoms with Gasteiger partial charge < -0.3 is 20.4 Å². The lowest BCUT2D eigenvalue weighted by atomic mass is 9.83. The highest BCUT2D eigenvalue weighted by Gasteiger charge is 2.37. The number of rotatable bonds is 3. The first-order valence-corrected chi connectivity index (χ1v) is 9.20. The Bertz CT molecular complexity index is 1060. The topological polar surface area (TPSA) is 74.5 Å². The summed E-state index contributed by atoms with van der Waals surface area (Å²) in [4.78, 5) is 21.1. The van der Waals surface area contributed by atoms with Gasteiger partial charge in [-0.1, -0.05) is 29.8 Å². The largest absolute Gasteiger partial charge is 0.370 e. The fourth-order valence-electron chi connectivity index (χ4n) is 3.71. The summed E-state index contributed by atoms with van der Waals surface area (Å²) in [5.74, 6) is 0.366. The van der Waals surface area contributed by atoms with Gasteiger partial charge in [-0.3, -0.25) is 0 Å². The number of fused-ring (bicyclic) bond motifs is 1. The van der Waals surface area contributed by atoms with E-state index in [0.29, 0.717) is 17.4 Å². The van der Waals surface area contributed by atoms with Crippen LogP contribution in [0.2, 0.25) is 5.02 Å². The minimum atomic E-state index is -0.585. The lowest BCUT2D eigenvalue weighted by molar-refractivity contribution is -0.111. The van der Waals surface area contributed by atoms with Crippen LogP contribution in [0.1, 0.15) is 18.9 Å². The molecule has 0 saturated carbocycles. The quantitative estimate of drug-likeness (QED) is 0.676. The maximum Gasteiger partial charge on any atom is 0.192 e. The van der Waals surface area contributed by atoms with Gasteiger partial charge in [0.25, 0.3) is 0 Å². The van der Waals surface area contributed by atoms with E-state index in [1.165, 1.54) is 0 Å². The average molecular weight is 381 g/mol. The number of aromatic amines is 1. The molecule has 2 atom stereocenters. The zero-order chi connectivity index (χ0) is 19.2. The Hall–Kier alpha value is -2.79. The molecule has 0 fully saturated rings. The third-order valence-electron chi connectivity index (χ3n) is 5.44. The van der Waals surface area contributed by atoms with Gasteiger partial charge in [0, 0.05) is 35.8 Å². The van der Waals surface area contributed by atoms with Gasteiger partial charge in [0.2, 0.25) is 0 Å². The number of hydrogen-bond donors (Lipinski definition) is 2. The van der Waals surface area contributed by atoms with Gasteiger partial charge in [0.15, 0.2) is 5.96 Å². The highest BCUT2D eigenvalue weighted by Crippen LogP contribution is 2.39. The molecule has 3 N–H and O–H groups in total. The maximum atomic E-state index is 11.5. The number of halogens is 1. The molecule has 0 radical (unpaired) electrons. The molecule has 138 valence electrons. The van der Waals surface area contributed by atoms with Crippen LogP contribution in [0.25, 0.3) is 22.0 Å². The van der Waals surface area contributed by atoms with Crippen LogP contribution in [0, 0.1) is 0 Å². The number of carbonyl (C=O) groups excluding carboxylic acids is 1. The Labute approximate surface area is 162 Å². The highest BCUT2D eigenvalue weighted by atomic mass is 35.5. The molecular formula is C21H21ClN4O. The van der Waals surface area contributed by atoms with Crippen molar-refractivity contribution in [1.29, 1.82) is 0 Å². The van der Waals surface area contributed by atoms with E-state index >= 15 is 0 Å². The predicted molar refractivity (Wildman–Crippen MR) is 110 cm³/mol. The molecule has 2 aromatic carbocycles. The number of benzene rings is 2. The van der Waals surface area contributed by atoms with Gasteiger partial charge in [-0.05, 0) is 47.7 Å². The normalized spacial score (nSPS) is 22.7. The third-order valence-corrected chi connectivity index (χ3v) is 5.77. The second-order valence-corrected chi connectivity index (χ2v) is 7.64. The summed E-state index contributed by atoms with van der Waals surface area (Å²) in [5.41, 5.74) is 9.49. The first-order valence-electron chi connectivity index (χ1n) is 8.82. The van der Waals surface area contributed by atoms with Crippen LogP contribution in [-0.2, 0) is 10.3 Å². The van der Waals surface area contributed by atoms with E-state index in [4.69, 9.17) is 17.3 Å². The maximum absolute atomic E-state index is 11.5. The molecule has 4 rings (SSSR count). The number of carbonyl (C=O) groups is 1. The first-order chi connectivity index (χ1) is 12.9. The Balaban J connectivity index is 1.81. The number of guanidine groups is 1. The Morgan fingerprint density at radius 1 is 1.30 bits per heavy atom. The lowest BCUT2D eigenvalue weighted by Crippen LogP contribution is -2.50. The van der Waals surface area contributed by atoms with E-state index in [1.807, 2.05) is 31.3 Å². The summed E-state index contributed by atoms with van der Waals surface area (Å²) in [7, 11) is 1.79. The van der Waals surface area contributed by atoms with Crippen LogP contribution >= 0.6 is 11.6 Å². The van der Waals surface area contributed by atoms with Crippen molar-refractivity contribution in [1.82, 2.24) is 9.88 Å². The van der Waals surface area contributed by atoms with Crippen molar-refractivity contribution < 1.29 is 4.79 Å². The molecule has 5 nitrogen and oxygen atoms in total. The van der Waals surface area contributed by atoms with Crippen LogP contribution in [-0.4, -0.2) is 35.2 Å². The average Bonchev–Trinajstić information content (AvgIpc) is 3.12. The number of aliphatic imine (C=N–C) groups is 1. The molecule has 0 amide bonds. The molecule has 6 heteroatoms. The van der Waals surface area contributed by atoms with Crippen molar-refractivity contribution in [2.24, 2.45) is 10.7 Å². The molecule has 0 bridgehead atoms. The summed E-state index contributed by atoms with van der Waals surface area (Å²) in [6, 6.07) is 13.8. The number of aromatic nitrogens is 1. The number of nitrogens with zero attached hydrogens (tertiary/aromatic N) is 2. The number of nitrogens with two attached hydrogens (primary N) is 1. The Morgan fingerprint density at radius 2 is 2.11 bits per heavy atom. The standard InChI is InChI=1S/C21H21ClN4O/c1-21(11-16(12-27)26(2)20(23)25-21)15-5-6-18(22)17(10-15)14-4-3-13-7-8-24-19(13)9-14/h3-10,12,16,24H,11H2,1-2H3,(H2,23,25). The summed E-state index contributed by atoms with van der Waals surface area (Å²) < 4.78 is 0. The van der Waals surface area contributed by atoms with E-state index in [9.17, 15) is 4.79 Å². The van der Waals surface area contributed by atoms with Crippen molar-refractivity contribution in [3.63, 3.8) is 0 Å². The fourth-order valence-corrected chi connectivity index (χ4v) is 3.94. The summed E-state index contributed by atoms with van der Waals surface area (Å²) in [6.45, 7) is 2.00. The van der Waals surface area contributed by atoms with Crippen LogP contribution in [0.5, 0.6) is 0 Å². The smallest absolute Gasteiger partial charge is 0.192 e. The molecule has 1 aromatic heterocycles. The molecule has 1 aliphatic rings. The first kappa shape index (κ1) is 17.6. The van der Waals surface area contributed by atoms with Crippen LogP contribution in [0.15, 0.2) is 53.7 Å². The molecule has 0 aliphatic carbocycles. The number of H-pyrrole nitrogens is 1. The number of likely N-dealkylation sites (N-methyl/N-ethyl adjacent to an activating group) is 1. The second kappa shape index (κ2) is 6.43.